The predicted molar refractivity (Wildman–Crippen MR) is 123 cm³/mol. The predicted octanol–water partition coefficient (Wildman–Crippen LogP) is 3.27. The van der Waals surface area contributed by atoms with Crippen LogP contribution in [0.5, 0.6) is 11.5 Å². The number of hydrogen-bond donors (Lipinski definition) is 2. The summed E-state index contributed by atoms with van der Waals surface area (Å²) in [6.45, 7) is 2.24. The number of hydrazine groups is 1. The van der Waals surface area contributed by atoms with Gasteiger partial charge in [-0.1, -0.05) is 18.2 Å². The summed E-state index contributed by atoms with van der Waals surface area (Å²) in [5.41, 5.74) is 5.47. The minimum Gasteiger partial charge on any atom is -0.494 e. The van der Waals surface area contributed by atoms with Crippen molar-refractivity contribution in [2.75, 3.05) is 33.9 Å². The lowest BCUT2D eigenvalue weighted by Crippen LogP contribution is -2.41. The van der Waals surface area contributed by atoms with Gasteiger partial charge in [-0.15, -0.1) is 0 Å². The molecule has 0 bridgehead atoms. The highest BCUT2D eigenvalue weighted by Gasteiger charge is 2.38. The Balaban J connectivity index is 1.28. The van der Waals surface area contributed by atoms with E-state index in [4.69, 9.17) is 9.47 Å². The molecule has 0 aromatic heterocycles. The lowest BCUT2D eigenvalue weighted by atomic mass is 10.2. The highest BCUT2D eigenvalue weighted by atomic mass is 16.5. The van der Waals surface area contributed by atoms with Crippen LogP contribution in [-0.2, 0) is 4.79 Å². The average Bonchev–Trinajstić information content (AvgIpc) is 3.53. The minimum atomic E-state index is -0.346. The third kappa shape index (κ3) is 8.23. The number of amides is 2. The van der Waals surface area contributed by atoms with Crippen LogP contribution in [0, 0.1) is 11.8 Å². The number of hydrogen-bond acceptors (Lipinski definition) is 5. The van der Waals surface area contributed by atoms with E-state index in [1.165, 1.54) is 0 Å². The number of benzene rings is 2. The second kappa shape index (κ2) is 12.1. The zero-order chi connectivity index (χ0) is 22.8. The van der Waals surface area contributed by atoms with Crippen molar-refractivity contribution in [1.82, 2.24) is 15.8 Å². The van der Waals surface area contributed by atoms with Gasteiger partial charge < -0.3 is 14.4 Å². The Morgan fingerprint density at radius 3 is 2.31 bits per heavy atom. The van der Waals surface area contributed by atoms with Crippen LogP contribution in [0.25, 0.3) is 0 Å². The Bertz CT molecular complexity index is 855. The maximum atomic E-state index is 12.2. The fourth-order valence-electron chi connectivity index (χ4n) is 3.52. The first-order valence-electron chi connectivity index (χ1n) is 11.2. The van der Waals surface area contributed by atoms with Gasteiger partial charge in [-0.05, 0) is 81.6 Å². The van der Waals surface area contributed by atoms with E-state index >= 15 is 0 Å². The number of carbonyl (C=O) groups is 2. The molecule has 0 radical (unpaired) electrons. The van der Waals surface area contributed by atoms with Crippen molar-refractivity contribution in [2.45, 2.75) is 25.7 Å². The Labute approximate surface area is 190 Å². The first-order valence-corrected chi connectivity index (χ1v) is 11.2. The van der Waals surface area contributed by atoms with Crippen molar-refractivity contribution in [2.24, 2.45) is 11.8 Å². The van der Waals surface area contributed by atoms with Gasteiger partial charge in [0.25, 0.3) is 5.91 Å². The third-order valence-electron chi connectivity index (χ3n) is 5.47. The largest absolute Gasteiger partial charge is 0.494 e. The van der Waals surface area contributed by atoms with Crippen LogP contribution in [-0.4, -0.2) is 50.6 Å². The smallest absolute Gasteiger partial charge is 0.269 e. The van der Waals surface area contributed by atoms with Crippen molar-refractivity contribution in [1.29, 1.82) is 0 Å². The highest BCUT2D eigenvalue weighted by Crippen LogP contribution is 2.43. The molecule has 2 atom stereocenters. The Hall–Kier alpha value is -3.06. The summed E-state index contributed by atoms with van der Waals surface area (Å²) in [5.74, 6) is 1.94. The number of rotatable bonds is 12. The Morgan fingerprint density at radius 2 is 1.59 bits per heavy atom. The van der Waals surface area contributed by atoms with E-state index in [1.807, 2.05) is 44.4 Å². The summed E-state index contributed by atoms with van der Waals surface area (Å²) < 4.78 is 11.4. The maximum absolute atomic E-state index is 12.2. The van der Waals surface area contributed by atoms with Crippen molar-refractivity contribution in [3.05, 3.63) is 60.2 Å². The van der Waals surface area contributed by atoms with Gasteiger partial charge in [0.15, 0.2) is 0 Å². The second-order valence-corrected chi connectivity index (χ2v) is 8.44. The number of ether oxygens (including phenoxy) is 2. The minimum absolute atomic E-state index is 0.171. The molecular formula is C25H33N3O4. The topological polar surface area (TPSA) is 79.9 Å². The first-order chi connectivity index (χ1) is 15.5. The SMILES string of the molecule is CN(C)CCCOc1ccc(C(=O)NNC(=O)CC2CC2CCOc2ccccc2)cc1. The van der Waals surface area contributed by atoms with Crippen LogP contribution in [0.1, 0.15) is 36.0 Å². The lowest BCUT2D eigenvalue weighted by molar-refractivity contribution is -0.122. The van der Waals surface area contributed by atoms with Crippen molar-refractivity contribution in [3.63, 3.8) is 0 Å². The van der Waals surface area contributed by atoms with Crippen molar-refractivity contribution < 1.29 is 19.1 Å². The molecule has 2 aromatic carbocycles. The molecule has 7 heteroatoms. The molecule has 172 valence electrons. The molecule has 1 fully saturated rings. The standard InChI is InChI=1S/C25H33N3O4/c1-28(2)14-6-15-31-23-11-9-19(10-12-23)25(30)27-26-24(29)18-21-17-20(21)13-16-32-22-7-4-3-5-8-22/h3-5,7-12,20-21H,6,13-18H2,1-2H3,(H,26,29)(H,27,30). The molecule has 2 unspecified atom stereocenters. The zero-order valence-electron chi connectivity index (χ0n) is 18.9. The zero-order valence-corrected chi connectivity index (χ0v) is 18.9. The van der Waals surface area contributed by atoms with Gasteiger partial charge >= 0.3 is 0 Å². The average molecular weight is 440 g/mol. The Kier molecular flexibility index (Phi) is 8.92. The molecule has 3 rings (SSSR count). The van der Waals surface area contributed by atoms with Gasteiger partial charge in [-0.3, -0.25) is 20.4 Å². The van der Waals surface area contributed by atoms with Crippen LogP contribution >= 0.6 is 0 Å². The summed E-state index contributed by atoms with van der Waals surface area (Å²) in [6.07, 6.45) is 3.30. The molecule has 1 aliphatic carbocycles. The van der Waals surface area contributed by atoms with Crippen LogP contribution in [0.4, 0.5) is 0 Å². The quantitative estimate of drug-likeness (QED) is 0.392. The summed E-state index contributed by atoms with van der Waals surface area (Å²) >= 11 is 0. The summed E-state index contributed by atoms with van der Waals surface area (Å²) in [5, 5.41) is 0. The number of nitrogens with zero attached hydrogens (tertiary/aromatic N) is 1. The molecule has 0 saturated heterocycles. The van der Waals surface area contributed by atoms with Crippen LogP contribution in [0.3, 0.4) is 0 Å². The van der Waals surface area contributed by atoms with Gasteiger partial charge in [0, 0.05) is 18.5 Å². The van der Waals surface area contributed by atoms with Crippen LogP contribution in [0.15, 0.2) is 54.6 Å². The van der Waals surface area contributed by atoms with Gasteiger partial charge in [0.05, 0.1) is 13.2 Å². The molecule has 0 aliphatic heterocycles. The molecule has 2 aromatic rings. The molecule has 2 amide bonds. The van der Waals surface area contributed by atoms with E-state index < -0.39 is 0 Å². The summed E-state index contributed by atoms with van der Waals surface area (Å²) in [4.78, 5) is 26.5. The summed E-state index contributed by atoms with van der Waals surface area (Å²) in [6, 6.07) is 16.6. The van der Waals surface area contributed by atoms with E-state index in [1.54, 1.807) is 24.3 Å². The second-order valence-electron chi connectivity index (χ2n) is 8.44. The Morgan fingerprint density at radius 1 is 0.906 bits per heavy atom. The van der Waals surface area contributed by atoms with E-state index in [-0.39, 0.29) is 11.8 Å². The normalized spacial score (nSPS) is 17.0. The lowest BCUT2D eigenvalue weighted by Gasteiger charge is -2.11. The molecule has 7 nitrogen and oxygen atoms in total. The van der Waals surface area contributed by atoms with Crippen LogP contribution in [0.2, 0.25) is 0 Å². The van der Waals surface area contributed by atoms with Gasteiger partial charge in [-0.25, -0.2) is 0 Å². The maximum Gasteiger partial charge on any atom is 0.269 e. The molecule has 32 heavy (non-hydrogen) atoms. The van der Waals surface area contributed by atoms with E-state index in [0.29, 0.717) is 37.0 Å². The molecule has 2 N–H and O–H groups in total. The van der Waals surface area contributed by atoms with E-state index in [9.17, 15) is 9.59 Å². The van der Waals surface area contributed by atoms with Gasteiger partial charge in [-0.2, -0.15) is 0 Å². The fraction of sp³-hybridized carbons (Fsp3) is 0.440. The number of para-hydroxylation sites is 1. The number of nitrogens with one attached hydrogen (secondary N) is 2. The monoisotopic (exact) mass is 439 g/mol. The fourth-order valence-corrected chi connectivity index (χ4v) is 3.52. The number of carbonyl (C=O) groups excluding carboxylic acids is 2. The van der Waals surface area contributed by atoms with E-state index in [2.05, 4.69) is 15.8 Å². The van der Waals surface area contributed by atoms with Crippen molar-refractivity contribution >= 4 is 11.8 Å². The molecule has 0 heterocycles. The van der Waals surface area contributed by atoms with Crippen molar-refractivity contribution in [3.8, 4) is 11.5 Å². The molecule has 0 spiro atoms. The van der Waals surface area contributed by atoms with Gasteiger partial charge in [0.1, 0.15) is 11.5 Å². The molecule has 1 aliphatic rings. The van der Waals surface area contributed by atoms with Gasteiger partial charge in [0.2, 0.25) is 5.91 Å². The van der Waals surface area contributed by atoms with Crippen LogP contribution < -0.4 is 20.3 Å². The third-order valence-corrected chi connectivity index (χ3v) is 5.47. The first kappa shape index (κ1) is 23.6. The van der Waals surface area contributed by atoms with E-state index in [0.717, 1.165) is 37.3 Å². The highest BCUT2D eigenvalue weighted by molar-refractivity contribution is 5.95. The molecular weight excluding hydrogens is 406 g/mol. The molecule has 1 saturated carbocycles. The summed E-state index contributed by atoms with van der Waals surface area (Å²) in [7, 11) is 4.05.